The van der Waals surface area contributed by atoms with Crippen LogP contribution in [0.4, 0.5) is 0 Å². The molecule has 3 aromatic carbocycles. The van der Waals surface area contributed by atoms with Crippen LogP contribution in [0, 0.1) is 0 Å². The molecule has 6 heteroatoms. The van der Waals surface area contributed by atoms with E-state index in [1.807, 2.05) is 30.3 Å². The Hall–Kier alpha value is -3.19. The number of aromatic amines is 1. The zero-order chi connectivity index (χ0) is 22.4. The molecule has 3 N–H and O–H groups in total. The molecular weight excluding hydrogens is 416 g/mol. The predicted molar refractivity (Wildman–Crippen MR) is 128 cm³/mol. The number of aromatic nitrogens is 2. The van der Waals surface area contributed by atoms with Gasteiger partial charge >= 0.3 is 0 Å². The summed E-state index contributed by atoms with van der Waals surface area (Å²) in [5.74, 6) is 0.179. The molecule has 0 amide bonds. The Balaban J connectivity index is 1.69. The number of aliphatic hydroxyl groups is 2. The van der Waals surface area contributed by atoms with Crippen LogP contribution in [0.15, 0.2) is 48.5 Å². The van der Waals surface area contributed by atoms with Crippen LogP contribution >= 0.6 is 0 Å². The molecule has 0 bridgehead atoms. The molecule has 1 fully saturated rings. The van der Waals surface area contributed by atoms with Crippen molar-refractivity contribution < 1.29 is 19.7 Å². The summed E-state index contributed by atoms with van der Waals surface area (Å²) in [6.45, 7) is 1.79. The maximum Gasteiger partial charge on any atom is 0.164 e. The molecule has 0 radical (unpaired) electrons. The highest BCUT2D eigenvalue weighted by Crippen LogP contribution is 2.47. The quantitative estimate of drug-likeness (QED) is 0.356. The number of ketones is 1. The molecule has 6 nitrogen and oxygen atoms in total. The summed E-state index contributed by atoms with van der Waals surface area (Å²) in [4.78, 5) is 16.9. The average molecular weight is 440 g/mol. The number of nitrogens with one attached hydrogen (secondary N) is 1. The summed E-state index contributed by atoms with van der Waals surface area (Å²) in [6, 6.07) is 16.3. The van der Waals surface area contributed by atoms with Crippen LogP contribution in [-0.2, 0) is 11.2 Å². The van der Waals surface area contributed by atoms with Gasteiger partial charge < -0.3 is 24.5 Å². The first kappa shape index (κ1) is 19.3. The minimum atomic E-state index is -0.923. The number of Topliss-reactive ketones (excluding diaryl/α,β-unsaturated/α-hetero) is 1. The second-order valence-electron chi connectivity index (χ2n) is 9.40. The molecule has 1 aliphatic carbocycles. The van der Waals surface area contributed by atoms with Gasteiger partial charge in [0.2, 0.25) is 0 Å². The number of aryl methyl sites for hydroxylation is 1. The number of para-hydroxylation sites is 2. The third-order valence-corrected chi connectivity index (χ3v) is 7.57. The number of benzene rings is 3. The number of carbonyl (C=O) groups is 1. The molecule has 4 atom stereocenters. The summed E-state index contributed by atoms with van der Waals surface area (Å²) < 4.78 is 8.38. The molecule has 2 aliphatic rings. The van der Waals surface area contributed by atoms with Gasteiger partial charge in [0.15, 0.2) is 5.78 Å². The molecule has 3 heterocycles. The van der Waals surface area contributed by atoms with Crippen molar-refractivity contribution in [3.8, 4) is 0 Å². The molecule has 5 aromatic rings. The van der Waals surface area contributed by atoms with Crippen LogP contribution < -0.4 is 0 Å². The third kappa shape index (κ3) is 2.46. The number of H-pyrrole nitrogens is 1. The molecule has 166 valence electrons. The normalized spacial score (nSPS) is 25.6. The van der Waals surface area contributed by atoms with Gasteiger partial charge in [-0.25, -0.2) is 0 Å². The van der Waals surface area contributed by atoms with Gasteiger partial charge in [0.25, 0.3) is 0 Å². The van der Waals surface area contributed by atoms with Gasteiger partial charge in [0.05, 0.1) is 28.8 Å². The van der Waals surface area contributed by atoms with Gasteiger partial charge in [0.1, 0.15) is 12.3 Å². The van der Waals surface area contributed by atoms with Crippen molar-refractivity contribution in [3.05, 3.63) is 59.7 Å². The Labute approximate surface area is 189 Å². The fourth-order valence-electron chi connectivity index (χ4n) is 6.10. The molecule has 0 spiro atoms. The number of carbonyl (C=O) groups excluding carboxylic acids is 1. The van der Waals surface area contributed by atoms with Crippen molar-refractivity contribution in [3.63, 3.8) is 0 Å². The predicted octanol–water partition coefficient (Wildman–Crippen LogP) is 4.59. The van der Waals surface area contributed by atoms with E-state index in [0.29, 0.717) is 6.42 Å². The zero-order valence-electron chi connectivity index (χ0n) is 18.2. The fraction of sp³-hybridized carbons (Fsp3) is 0.296. The van der Waals surface area contributed by atoms with Gasteiger partial charge in [-0.15, -0.1) is 0 Å². The van der Waals surface area contributed by atoms with E-state index in [0.717, 1.165) is 61.2 Å². The minimum absolute atomic E-state index is 0.179. The fourth-order valence-corrected chi connectivity index (χ4v) is 6.10. The van der Waals surface area contributed by atoms with Crippen LogP contribution in [0.25, 0.3) is 43.6 Å². The highest BCUT2D eigenvalue weighted by atomic mass is 16.5. The SMILES string of the molecule is C[C@@H]1O[C@@H](n2c3ccccc3c3c4c(c5c6ccccc6[nH]c5c32)CCC4=O)C[C@@H](O)[C@H]1O. The first-order valence-corrected chi connectivity index (χ1v) is 11.6. The Morgan fingerprint density at radius 1 is 1.00 bits per heavy atom. The van der Waals surface area contributed by atoms with Gasteiger partial charge in [-0.05, 0) is 31.0 Å². The lowest BCUT2D eigenvalue weighted by molar-refractivity contribution is -0.182. The van der Waals surface area contributed by atoms with E-state index in [9.17, 15) is 15.0 Å². The first-order chi connectivity index (χ1) is 16.0. The summed E-state index contributed by atoms with van der Waals surface area (Å²) in [7, 11) is 0. The van der Waals surface area contributed by atoms with Gasteiger partial charge in [-0.2, -0.15) is 0 Å². The van der Waals surface area contributed by atoms with Gasteiger partial charge in [0, 0.05) is 45.5 Å². The molecule has 1 saturated heterocycles. The summed E-state index contributed by atoms with van der Waals surface area (Å²) in [5, 5.41) is 25.1. The zero-order valence-corrected chi connectivity index (χ0v) is 18.2. The molecule has 0 unspecified atom stereocenters. The number of fused-ring (bicyclic) bond motifs is 10. The molecule has 1 aliphatic heterocycles. The molecular formula is C27H24N2O4. The third-order valence-electron chi connectivity index (χ3n) is 7.57. The van der Waals surface area contributed by atoms with Crippen LogP contribution in [0.1, 0.15) is 41.9 Å². The van der Waals surface area contributed by atoms with E-state index in [2.05, 4.69) is 27.8 Å². The van der Waals surface area contributed by atoms with E-state index in [4.69, 9.17) is 4.74 Å². The van der Waals surface area contributed by atoms with Crippen molar-refractivity contribution in [1.29, 1.82) is 0 Å². The Morgan fingerprint density at radius 3 is 2.58 bits per heavy atom. The van der Waals surface area contributed by atoms with Crippen LogP contribution in [0.2, 0.25) is 0 Å². The van der Waals surface area contributed by atoms with Crippen molar-refractivity contribution in [1.82, 2.24) is 9.55 Å². The molecule has 33 heavy (non-hydrogen) atoms. The highest BCUT2D eigenvalue weighted by molar-refractivity contribution is 6.30. The average Bonchev–Trinajstić information content (AvgIpc) is 3.48. The van der Waals surface area contributed by atoms with E-state index >= 15 is 0 Å². The summed E-state index contributed by atoms with van der Waals surface area (Å²) in [5.41, 5.74) is 5.86. The highest BCUT2D eigenvalue weighted by Gasteiger charge is 2.38. The largest absolute Gasteiger partial charge is 0.390 e. The standard InChI is InChI=1S/C27H24N2O4/c1-13-27(32)20(31)12-21(33-13)29-18-9-5-3-7-15(18)24-23-16(10-11-19(23)30)22-14-6-2-4-8-17(14)28-25(22)26(24)29/h2-9,13,20-21,27-28,31-32H,10-12H2,1H3/t13-,20+,21+,27-/m0/s1. The van der Waals surface area contributed by atoms with E-state index in [-0.39, 0.29) is 12.2 Å². The van der Waals surface area contributed by atoms with Crippen LogP contribution in [0.3, 0.4) is 0 Å². The molecule has 2 aromatic heterocycles. The summed E-state index contributed by atoms with van der Waals surface area (Å²) in [6.07, 6.45) is -1.26. The topological polar surface area (TPSA) is 87.5 Å². The Kier molecular flexibility index (Phi) is 3.90. The van der Waals surface area contributed by atoms with Crippen molar-refractivity contribution in [2.75, 3.05) is 0 Å². The second kappa shape index (κ2) is 6.67. The lowest BCUT2D eigenvalue weighted by Crippen LogP contribution is -2.45. The first-order valence-electron chi connectivity index (χ1n) is 11.6. The monoisotopic (exact) mass is 440 g/mol. The molecule has 0 saturated carbocycles. The maximum atomic E-state index is 13.2. The number of ether oxygens (including phenoxy) is 1. The van der Waals surface area contributed by atoms with Crippen LogP contribution in [-0.4, -0.2) is 43.9 Å². The van der Waals surface area contributed by atoms with Crippen LogP contribution in [0.5, 0.6) is 0 Å². The number of hydrogen-bond acceptors (Lipinski definition) is 4. The second-order valence-corrected chi connectivity index (χ2v) is 9.40. The number of nitrogens with zero attached hydrogens (tertiary/aromatic N) is 1. The smallest absolute Gasteiger partial charge is 0.164 e. The van der Waals surface area contributed by atoms with Gasteiger partial charge in [-0.1, -0.05) is 36.4 Å². The van der Waals surface area contributed by atoms with Gasteiger partial charge in [-0.3, -0.25) is 4.79 Å². The maximum absolute atomic E-state index is 13.2. The number of aliphatic hydroxyl groups excluding tert-OH is 2. The van der Waals surface area contributed by atoms with E-state index in [1.165, 1.54) is 0 Å². The van der Waals surface area contributed by atoms with E-state index < -0.39 is 24.5 Å². The Morgan fingerprint density at radius 2 is 1.76 bits per heavy atom. The van der Waals surface area contributed by atoms with Crippen molar-refractivity contribution in [2.24, 2.45) is 0 Å². The summed E-state index contributed by atoms with van der Waals surface area (Å²) >= 11 is 0. The Bertz CT molecular complexity index is 1600. The number of hydrogen-bond donors (Lipinski definition) is 3. The lowest BCUT2D eigenvalue weighted by Gasteiger charge is -2.36. The number of rotatable bonds is 1. The lowest BCUT2D eigenvalue weighted by atomic mass is 9.97. The van der Waals surface area contributed by atoms with Crippen molar-refractivity contribution in [2.45, 2.75) is 50.7 Å². The van der Waals surface area contributed by atoms with Crippen molar-refractivity contribution >= 4 is 49.4 Å². The molecule has 7 rings (SSSR count). The van der Waals surface area contributed by atoms with E-state index in [1.54, 1.807) is 6.92 Å². The minimum Gasteiger partial charge on any atom is -0.390 e.